The van der Waals surface area contributed by atoms with E-state index >= 15 is 0 Å². The van der Waals surface area contributed by atoms with Crippen LogP contribution in [0.5, 0.6) is 0 Å². The standard InChI is InChI=1S/C10H13FN2.2C2H6/c1-6-4-8(11)10(7(2)12)9(5-6)13-3;2*1-2/h4-5,12-13H,1-3H3;2*1-2H3. The maximum absolute atomic E-state index is 13.4. The maximum Gasteiger partial charge on any atom is 0.134 e. The first kappa shape index (κ1) is 18.0. The topological polar surface area (TPSA) is 35.9 Å². The minimum absolute atomic E-state index is 0.238. The highest BCUT2D eigenvalue weighted by Crippen LogP contribution is 2.21. The van der Waals surface area contributed by atoms with Crippen molar-refractivity contribution in [2.24, 2.45) is 0 Å². The van der Waals surface area contributed by atoms with E-state index in [1.165, 1.54) is 6.07 Å². The fourth-order valence-corrected chi connectivity index (χ4v) is 1.32. The van der Waals surface area contributed by atoms with Crippen LogP contribution in [0, 0.1) is 18.2 Å². The van der Waals surface area contributed by atoms with Gasteiger partial charge in [-0.2, -0.15) is 0 Å². The van der Waals surface area contributed by atoms with Crippen molar-refractivity contribution < 1.29 is 4.39 Å². The molecule has 0 saturated carbocycles. The zero-order valence-electron chi connectivity index (χ0n) is 12.0. The van der Waals surface area contributed by atoms with Gasteiger partial charge in [0.1, 0.15) is 5.82 Å². The van der Waals surface area contributed by atoms with E-state index in [2.05, 4.69) is 5.32 Å². The first-order valence-electron chi connectivity index (χ1n) is 6.09. The van der Waals surface area contributed by atoms with Crippen LogP contribution in [0.4, 0.5) is 10.1 Å². The van der Waals surface area contributed by atoms with Crippen LogP contribution in [0.1, 0.15) is 45.7 Å². The summed E-state index contributed by atoms with van der Waals surface area (Å²) in [5, 5.41) is 10.3. The number of hydrogen-bond acceptors (Lipinski definition) is 2. The largest absolute Gasteiger partial charge is 0.387 e. The van der Waals surface area contributed by atoms with Crippen molar-refractivity contribution in [3.8, 4) is 0 Å². The lowest BCUT2D eigenvalue weighted by molar-refractivity contribution is 0.624. The molecule has 0 heterocycles. The Morgan fingerprint density at radius 2 is 1.65 bits per heavy atom. The fraction of sp³-hybridized carbons (Fsp3) is 0.500. The first-order valence-corrected chi connectivity index (χ1v) is 6.09. The number of aryl methyl sites for hydroxylation is 1. The van der Waals surface area contributed by atoms with E-state index in [0.29, 0.717) is 11.3 Å². The van der Waals surface area contributed by atoms with Gasteiger partial charge in [-0.3, -0.25) is 0 Å². The van der Waals surface area contributed by atoms with Crippen LogP contribution < -0.4 is 5.32 Å². The molecule has 0 aliphatic heterocycles. The Bertz CT molecular complexity index is 346. The van der Waals surface area contributed by atoms with Gasteiger partial charge in [0, 0.05) is 18.4 Å². The molecule has 0 bridgehead atoms. The molecule has 0 aromatic heterocycles. The van der Waals surface area contributed by atoms with Crippen LogP contribution in [-0.2, 0) is 0 Å². The zero-order chi connectivity index (χ0) is 14.0. The Morgan fingerprint density at radius 1 is 1.18 bits per heavy atom. The normalized spacial score (nSPS) is 8.24. The summed E-state index contributed by atoms with van der Waals surface area (Å²) in [7, 11) is 1.72. The molecule has 0 aliphatic carbocycles. The summed E-state index contributed by atoms with van der Waals surface area (Å²) in [6, 6.07) is 3.27. The minimum atomic E-state index is -0.336. The third-order valence-electron chi connectivity index (χ3n) is 1.88. The molecular formula is C14H25FN2. The smallest absolute Gasteiger partial charge is 0.134 e. The molecular weight excluding hydrogens is 215 g/mol. The molecule has 0 amide bonds. The number of nitrogens with one attached hydrogen (secondary N) is 2. The molecule has 0 radical (unpaired) electrons. The van der Waals surface area contributed by atoms with Crippen molar-refractivity contribution in [1.29, 1.82) is 5.41 Å². The lowest BCUT2D eigenvalue weighted by Crippen LogP contribution is -2.04. The third-order valence-corrected chi connectivity index (χ3v) is 1.88. The van der Waals surface area contributed by atoms with Crippen molar-refractivity contribution in [2.75, 3.05) is 12.4 Å². The second-order valence-electron chi connectivity index (χ2n) is 3.04. The molecule has 0 fully saturated rings. The maximum atomic E-state index is 13.4. The molecule has 2 nitrogen and oxygen atoms in total. The molecule has 1 rings (SSSR count). The van der Waals surface area contributed by atoms with Crippen LogP contribution >= 0.6 is 0 Å². The molecule has 1 aromatic rings. The number of hydrogen-bond donors (Lipinski definition) is 2. The summed E-state index contributed by atoms with van der Waals surface area (Å²) in [6.07, 6.45) is 0. The summed E-state index contributed by atoms with van der Waals surface area (Å²) >= 11 is 0. The van der Waals surface area contributed by atoms with Gasteiger partial charge in [-0.1, -0.05) is 27.7 Å². The Kier molecular flexibility index (Phi) is 10.4. The Morgan fingerprint density at radius 3 is 2.00 bits per heavy atom. The second-order valence-corrected chi connectivity index (χ2v) is 3.04. The average molecular weight is 240 g/mol. The summed E-state index contributed by atoms with van der Waals surface area (Å²) in [6.45, 7) is 11.4. The molecule has 3 heteroatoms. The number of benzene rings is 1. The lowest BCUT2D eigenvalue weighted by Gasteiger charge is -2.09. The highest BCUT2D eigenvalue weighted by atomic mass is 19.1. The summed E-state index contributed by atoms with van der Waals surface area (Å²) in [5.41, 5.74) is 2.12. The quantitative estimate of drug-likeness (QED) is 0.727. The zero-order valence-corrected chi connectivity index (χ0v) is 12.0. The highest BCUT2D eigenvalue weighted by Gasteiger charge is 2.10. The van der Waals surface area contributed by atoms with Crippen LogP contribution in [-0.4, -0.2) is 12.8 Å². The fourth-order valence-electron chi connectivity index (χ4n) is 1.32. The first-order chi connectivity index (χ1) is 8.06. The molecule has 0 unspecified atom stereocenters. The minimum Gasteiger partial charge on any atom is -0.387 e. The van der Waals surface area contributed by atoms with Gasteiger partial charge in [-0.05, 0) is 31.5 Å². The predicted molar refractivity (Wildman–Crippen MR) is 75.9 cm³/mol. The molecule has 0 aliphatic rings. The number of halogens is 1. The molecule has 17 heavy (non-hydrogen) atoms. The van der Waals surface area contributed by atoms with E-state index in [-0.39, 0.29) is 11.5 Å². The molecule has 2 N–H and O–H groups in total. The van der Waals surface area contributed by atoms with Crippen LogP contribution in [0.3, 0.4) is 0 Å². The van der Waals surface area contributed by atoms with Crippen LogP contribution in [0.2, 0.25) is 0 Å². The van der Waals surface area contributed by atoms with E-state index in [9.17, 15) is 4.39 Å². The molecule has 0 atom stereocenters. The Labute approximate surface area is 105 Å². The van der Waals surface area contributed by atoms with Gasteiger partial charge in [0.05, 0.1) is 5.56 Å². The van der Waals surface area contributed by atoms with Gasteiger partial charge in [0.2, 0.25) is 0 Å². The van der Waals surface area contributed by atoms with Gasteiger partial charge in [0.25, 0.3) is 0 Å². The summed E-state index contributed by atoms with van der Waals surface area (Å²) in [4.78, 5) is 0. The lowest BCUT2D eigenvalue weighted by atomic mass is 10.1. The SMILES string of the molecule is CC.CC.CNc1cc(C)cc(F)c1C(C)=N. The van der Waals surface area contributed by atoms with Gasteiger partial charge in [0.15, 0.2) is 0 Å². The Balaban J connectivity index is 0. The van der Waals surface area contributed by atoms with Crippen LogP contribution in [0.15, 0.2) is 12.1 Å². The summed E-state index contributed by atoms with van der Waals surface area (Å²) in [5.74, 6) is -0.336. The second kappa shape index (κ2) is 9.82. The molecule has 1 aromatic carbocycles. The van der Waals surface area contributed by atoms with Crippen molar-refractivity contribution in [1.82, 2.24) is 0 Å². The van der Waals surface area contributed by atoms with E-state index in [4.69, 9.17) is 5.41 Å². The van der Waals surface area contributed by atoms with Gasteiger partial charge in [-0.15, -0.1) is 0 Å². The van der Waals surface area contributed by atoms with Crippen molar-refractivity contribution in [3.05, 3.63) is 29.1 Å². The van der Waals surface area contributed by atoms with Crippen LogP contribution in [0.25, 0.3) is 0 Å². The highest BCUT2D eigenvalue weighted by molar-refractivity contribution is 6.01. The molecule has 0 spiro atoms. The summed E-state index contributed by atoms with van der Waals surface area (Å²) < 4.78 is 13.4. The monoisotopic (exact) mass is 240 g/mol. The number of anilines is 1. The van der Waals surface area contributed by atoms with Crippen molar-refractivity contribution in [2.45, 2.75) is 41.5 Å². The van der Waals surface area contributed by atoms with Crippen molar-refractivity contribution in [3.63, 3.8) is 0 Å². The molecule has 0 saturated heterocycles. The van der Waals surface area contributed by atoms with Gasteiger partial charge >= 0.3 is 0 Å². The van der Waals surface area contributed by atoms with E-state index in [1.807, 2.05) is 40.7 Å². The van der Waals surface area contributed by atoms with E-state index in [0.717, 1.165) is 5.56 Å². The number of rotatable bonds is 2. The average Bonchev–Trinajstić information content (AvgIpc) is 2.32. The van der Waals surface area contributed by atoms with E-state index < -0.39 is 0 Å². The predicted octanol–water partition coefficient (Wildman–Crippen LogP) is 4.62. The Hall–Kier alpha value is -1.38. The van der Waals surface area contributed by atoms with Gasteiger partial charge in [-0.25, -0.2) is 4.39 Å². The van der Waals surface area contributed by atoms with Crippen molar-refractivity contribution >= 4 is 11.4 Å². The van der Waals surface area contributed by atoms with E-state index in [1.54, 1.807) is 14.0 Å². The van der Waals surface area contributed by atoms with Gasteiger partial charge < -0.3 is 10.7 Å². The third kappa shape index (κ3) is 5.48. The molecule has 98 valence electrons.